The second-order valence-corrected chi connectivity index (χ2v) is 8.91. The third kappa shape index (κ3) is 3.96. The third-order valence-electron chi connectivity index (χ3n) is 4.47. The first-order chi connectivity index (χ1) is 12.3. The average Bonchev–Trinajstić information content (AvgIpc) is 2.98. The molecule has 1 aliphatic rings. The van der Waals surface area contributed by atoms with E-state index in [0.29, 0.717) is 11.4 Å². The van der Waals surface area contributed by atoms with E-state index in [1.165, 1.54) is 17.2 Å². The van der Waals surface area contributed by atoms with E-state index in [2.05, 4.69) is 15.3 Å². The van der Waals surface area contributed by atoms with E-state index < -0.39 is 9.84 Å². The zero-order valence-corrected chi connectivity index (χ0v) is 16.0. The standard InChI is InChI=1S/C17H19ClN4O3S/c1-11-13(18)4-3-5-14(11)20-17-19-8-6-15(21-17)16(23)22(2)12-7-9-26(24,25)10-12/h3-6,8,12H,7,9-10H2,1-2H3,(H,19,20,21). The topological polar surface area (TPSA) is 92.3 Å². The molecule has 0 radical (unpaired) electrons. The van der Waals surface area contributed by atoms with Gasteiger partial charge in [-0.15, -0.1) is 0 Å². The number of nitrogens with one attached hydrogen (secondary N) is 1. The predicted molar refractivity (Wildman–Crippen MR) is 101 cm³/mol. The number of rotatable bonds is 4. The summed E-state index contributed by atoms with van der Waals surface area (Å²) in [5.41, 5.74) is 1.80. The van der Waals surface area contributed by atoms with Crippen molar-refractivity contribution in [3.8, 4) is 0 Å². The highest BCUT2D eigenvalue weighted by atomic mass is 35.5. The number of hydrogen-bond donors (Lipinski definition) is 1. The summed E-state index contributed by atoms with van der Waals surface area (Å²) in [6, 6.07) is 6.62. The summed E-state index contributed by atoms with van der Waals surface area (Å²) in [5.74, 6) is 0.0431. The van der Waals surface area contributed by atoms with Crippen molar-refractivity contribution in [3.05, 3.63) is 46.7 Å². The lowest BCUT2D eigenvalue weighted by molar-refractivity contribution is 0.0741. The van der Waals surface area contributed by atoms with Gasteiger partial charge in [0, 0.05) is 30.0 Å². The van der Waals surface area contributed by atoms with Gasteiger partial charge in [0.2, 0.25) is 5.95 Å². The summed E-state index contributed by atoms with van der Waals surface area (Å²) in [6.07, 6.45) is 1.93. The fourth-order valence-electron chi connectivity index (χ4n) is 2.83. The summed E-state index contributed by atoms with van der Waals surface area (Å²) in [6.45, 7) is 1.87. The van der Waals surface area contributed by atoms with Crippen LogP contribution in [-0.2, 0) is 9.84 Å². The van der Waals surface area contributed by atoms with Gasteiger partial charge in [-0.05, 0) is 37.1 Å². The number of hydrogen-bond acceptors (Lipinski definition) is 6. The minimum atomic E-state index is -3.07. The summed E-state index contributed by atoms with van der Waals surface area (Å²) >= 11 is 6.11. The molecule has 0 aliphatic carbocycles. The summed E-state index contributed by atoms with van der Waals surface area (Å²) in [7, 11) is -1.46. The Kier molecular flexibility index (Phi) is 5.15. The Morgan fingerprint density at radius 3 is 2.81 bits per heavy atom. The second kappa shape index (κ2) is 7.20. The molecular formula is C17H19ClN4O3S. The number of nitrogens with zero attached hydrogens (tertiary/aromatic N) is 3. The highest BCUT2D eigenvalue weighted by Crippen LogP contribution is 2.25. The molecule has 2 aromatic rings. The maximum absolute atomic E-state index is 12.7. The van der Waals surface area contributed by atoms with Crippen LogP contribution in [-0.4, -0.2) is 53.8 Å². The number of halogens is 1. The lowest BCUT2D eigenvalue weighted by Gasteiger charge is -2.23. The lowest BCUT2D eigenvalue weighted by atomic mass is 10.2. The predicted octanol–water partition coefficient (Wildman–Crippen LogP) is 2.44. The normalized spacial score (nSPS) is 18.5. The van der Waals surface area contributed by atoms with Crippen LogP contribution < -0.4 is 5.32 Å². The van der Waals surface area contributed by atoms with Gasteiger partial charge < -0.3 is 10.2 Å². The lowest BCUT2D eigenvalue weighted by Crippen LogP contribution is -2.38. The van der Waals surface area contributed by atoms with Crippen LogP contribution in [0.25, 0.3) is 0 Å². The van der Waals surface area contributed by atoms with Gasteiger partial charge in [0.05, 0.1) is 11.5 Å². The summed E-state index contributed by atoms with van der Waals surface area (Å²) < 4.78 is 23.3. The molecule has 1 N–H and O–H groups in total. The largest absolute Gasteiger partial charge is 0.336 e. The fraction of sp³-hybridized carbons (Fsp3) is 0.353. The van der Waals surface area contributed by atoms with Gasteiger partial charge in [0.15, 0.2) is 9.84 Å². The van der Waals surface area contributed by atoms with Crippen LogP contribution >= 0.6 is 11.6 Å². The van der Waals surface area contributed by atoms with E-state index in [9.17, 15) is 13.2 Å². The number of carbonyl (C=O) groups is 1. The van der Waals surface area contributed by atoms with E-state index in [1.807, 2.05) is 13.0 Å². The average molecular weight is 395 g/mol. The molecule has 1 amide bonds. The molecule has 2 heterocycles. The van der Waals surface area contributed by atoms with Crippen LogP contribution in [0.15, 0.2) is 30.5 Å². The van der Waals surface area contributed by atoms with Crippen LogP contribution in [0, 0.1) is 6.92 Å². The molecule has 0 saturated carbocycles. The Balaban J connectivity index is 1.78. The molecule has 1 aromatic carbocycles. The molecular weight excluding hydrogens is 376 g/mol. The highest BCUT2D eigenvalue weighted by Gasteiger charge is 2.33. The van der Waals surface area contributed by atoms with Gasteiger partial charge in [-0.3, -0.25) is 4.79 Å². The molecule has 1 aromatic heterocycles. The number of sulfone groups is 1. The first-order valence-corrected chi connectivity index (χ1v) is 10.3. The van der Waals surface area contributed by atoms with Crippen LogP contribution in [0.3, 0.4) is 0 Å². The molecule has 7 nitrogen and oxygen atoms in total. The van der Waals surface area contributed by atoms with Gasteiger partial charge in [0.25, 0.3) is 5.91 Å². The molecule has 0 spiro atoms. The van der Waals surface area contributed by atoms with E-state index in [-0.39, 0.29) is 35.1 Å². The van der Waals surface area contributed by atoms with Gasteiger partial charge in [-0.2, -0.15) is 0 Å². The number of aromatic nitrogens is 2. The van der Waals surface area contributed by atoms with Crippen molar-refractivity contribution in [2.75, 3.05) is 23.9 Å². The van der Waals surface area contributed by atoms with Crippen molar-refractivity contribution in [3.63, 3.8) is 0 Å². The first kappa shape index (κ1) is 18.6. The van der Waals surface area contributed by atoms with E-state index in [4.69, 9.17) is 11.6 Å². The molecule has 3 rings (SSSR count). The van der Waals surface area contributed by atoms with Crippen LogP contribution in [0.1, 0.15) is 22.5 Å². The van der Waals surface area contributed by atoms with E-state index >= 15 is 0 Å². The maximum Gasteiger partial charge on any atom is 0.272 e. The molecule has 1 fully saturated rings. The van der Waals surface area contributed by atoms with Gasteiger partial charge >= 0.3 is 0 Å². The highest BCUT2D eigenvalue weighted by molar-refractivity contribution is 7.91. The van der Waals surface area contributed by atoms with E-state index in [0.717, 1.165) is 11.3 Å². The fourth-order valence-corrected chi connectivity index (χ4v) is 4.78. The number of carbonyl (C=O) groups excluding carboxylic acids is 1. The van der Waals surface area contributed by atoms with Crippen LogP contribution in [0.5, 0.6) is 0 Å². The smallest absolute Gasteiger partial charge is 0.272 e. The van der Waals surface area contributed by atoms with Crippen molar-refractivity contribution >= 4 is 39.0 Å². The number of benzene rings is 1. The quantitative estimate of drug-likeness (QED) is 0.856. The van der Waals surface area contributed by atoms with Crippen molar-refractivity contribution in [1.82, 2.24) is 14.9 Å². The van der Waals surface area contributed by atoms with E-state index in [1.54, 1.807) is 19.2 Å². The second-order valence-electron chi connectivity index (χ2n) is 6.28. The van der Waals surface area contributed by atoms with Crippen molar-refractivity contribution in [1.29, 1.82) is 0 Å². The third-order valence-corrected chi connectivity index (χ3v) is 6.63. The van der Waals surface area contributed by atoms with Gasteiger partial charge in [-0.25, -0.2) is 18.4 Å². The Labute approximate surface area is 157 Å². The molecule has 138 valence electrons. The van der Waals surface area contributed by atoms with Gasteiger partial charge in [-0.1, -0.05) is 17.7 Å². The Bertz CT molecular complexity index is 949. The maximum atomic E-state index is 12.7. The molecule has 1 atom stereocenters. The van der Waals surface area contributed by atoms with Crippen LogP contribution in [0.2, 0.25) is 5.02 Å². The van der Waals surface area contributed by atoms with Gasteiger partial charge in [0.1, 0.15) is 5.69 Å². The zero-order valence-electron chi connectivity index (χ0n) is 14.4. The van der Waals surface area contributed by atoms with Crippen molar-refractivity contribution in [2.45, 2.75) is 19.4 Å². The molecule has 1 unspecified atom stereocenters. The minimum absolute atomic E-state index is 0.00681. The number of amides is 1. The SMILES string of the molecule is Cc1c(Cl)cccc1Nc1nccc(C(=O)N(C)C2CCS(=O)(=O)C2)n1. The molecule has 9 heteroatoms. The Morgan fingerprint density at radius 1 is 1.35 bits per heavy atom. The Morgan fingerprint density at radius 2 is 2.12 bits per heavy atom. The summed E-state index contributed by atoms with van der Waals surface area (Å²) in [4.78, 5) is 22.5. The monoisotopic (exact) mass is 394 g/mol. The molecule has 1 saturated heterocycles. The van der Waals surface area contributed by atoms with Crippen molar-refractivity contribution in [2.24, 2.45) is 0 Å². The Hall–Kier alpha value is -2.19. The molecule has 1 aliphatic heterocycles. The minimum Gasteiger partial charge on any atom is -0.336 e. The van der Waals surface area contributed by atoms with Crippen molar-refractivity contribution < 1.29 is 13.2 Å². The molecule has 26 heavy (non-hydrogen) atoms. The summed E-state index contributed by atoms with van der Waals surface area (Å²) in [5, 5.41) is 3.67. The first-order valence-electron chi connectivity index (χ1n) is 8.09. The van der Waals surface area contributed by atoms with Crippen LogP contribution in [0.4, 0.5) is 11.6 Å². The molecule has 0 bridgehead atoms. The number of anilines is 2. The zero-order chi connectivity index (χ0) is 18.9.